The zero-order chi connectivity index (χ0) is 45.9. The number of nitrogens with zero attached hydrogens (tertiary/aromatic N) is 3. The van der Waals surface area contributed by atoms with Gasteiger partial charge in [0.15, 0.2) is 0 Å². The van der Waals surface area contributed by atoms with Crippen LogP contribution in [0.3, 0.4) is 0 Å². The Hall–Kier alpha value is -6.26. The number of rotatable bonds is 8. The molecule has 0 spiro atoms. The molecule has 0 fully saturated rings. The first-order valence-corrected chi connectivity index (χ1v) is 23.0. The van der Waals surface area contributed by atoms with Crippen molar-refractivity contribution in [1.82, 2.24) is 14.5 Å². The number of hydrogen-bond acceptors (Lipinski definition) is 3. The molecule has 8 rings (SSSR count). The molecule has 0 aliphatic rings. The lowest BCUT2D eigenvalue weighted by molar-refractivity contribution is 0.466. The Morgan fingerprint density at radius 3 is 1.78 bits per heavy atom. The van der Waals surface area contributed by atoms with E-state index >= 15 is 0 Å². The average molecular weight is 844 g/mol. The summed E-state index contributed by atoms with van der Waals surface area (Å²) in [5.74, 6) is 1.36. The molecule has 2 aromatic heterocycles. The van der Waals surface area contributed by atoms with Crippen LogP contribution in [0.25, 0.3) is 72.7 Å². The predicted molar refractivity (Wildman–Crippen MR) is 272 cm³/mol. The molecule has 0 aliphatic heterocycles. The molecule has 0 atom stereocenters. The molecule has 0 aliphatic carbocycles. The first-order chi connectivity index (χ1) is 30.2. The van der Waals surface area contributed by atoms with Crippen LogP contribution in [-0.2, 0) is 16.2 Å². The summed E-state index contributed by atoms with van der Waals surface area (Å²) < 4.78 is 2.29. The molecule has 0 radical (unpaired) electrons. The summed E-state index contributed by atoms with van der Waals surface area (Å²) in [7, 11) is 0. The van der Waals surface area contributed by atoms with Crippen LogP contribution in [0.5, 0.6) is 5.75 Å². The number of aromatic hydroxyl groups is 1. The third-order valence-electron chi connectivity index (χ3n) is 12.8. The summed E-state index contributed by atoms with van der Waals surface area (Å²) in [5.41, 5.74) is 17.9. The van der Waals surface area contributed by atoms with Crippen molar-refractivity contribution in [2.45, 2.75) is 118 Å². The van der Waals surface area contributed by atoms with E-state index in [1.807, 2.05) is 6.20 Å². The number of phenols is 1. The maximum absolute atomic E-state index is 12.3. The molecular formula is C60H65N3O. The van der Waals surface area contributed by atoms with Gasteiger partial charge in [0.2, 0.25) is 0 Å². The van der Waals surface area contributed by atoms with Gasteiger partial charge in [-0.25, -0.2) is 4.98 Å². The van der Waals surface area contributed by atoms with E-state index in [2.05, 4.69) is 228 Å². The van der Waals surface area contributed by atoms with Gasteiger partial charge < -0.3 is 5.11 Å². The second-order valence-electron chi connectivity index (χ2n) is 21.4. The van der Waals surface area contributed by atoms with Gasteiger partial charge >= 0.3 is 0 Å². The van der Waals surface area contributed by atoms with E-state index in [1.165, 1.54) is 27.8 Å². The lowest BCUT2D eigenvalue weighted by Crippen LogP contribution is -2.12. The van der Waals surface area contributed by atoms with Gasteiger partial charge in [-0.15, -0.1) is 0 Å². The Labute approximate surface area is 382 Å². The van der Waals surface area contributed by atoms with Crippen molar-refractivity contribution in [3.05, 3.63) is 167 Å². The smallest absolute Gasteiger partial charge is 0.149 e. The van der Waals surface area contributed by atoms with Crippen LogP contribution in [0.15, 0.2) is 140 Å². The van der Waals surface area contributed by atoms with Crippen molar-refractivity contribution in [3.63, 3.8) is 0 Å². The summed E-state index contributed by atoms with van der Waals surface area (Å²) in [6.07, 6.45) is 1.93. The molecule has 1 N–H and O–H groups in total. The molecule has 0 unspecified atom stereocenters. The van der Waals surface area contributed by atoms with Gasteiger partial charge in [0, 0.05) is 22.9 Å². The van der Waals surface area contributed by atoms with Crippen molar-refractivity contribution in [1.29, 1.82) is 0 Å². The number of phenolic OH excluding ortho intramolecular Hbond substituents is 1. The van der Waals surface area contributed by atoms with Crippen LogP contribution in [0.1, 0.15) is 130 Å². The van der Waals surface area contributed by atoms with Crippen molar-refractivity contribution in [2.75, 3.05) is 0 Å². The molecule has 4 nitrogen and oxygen atoms in total. The van der Waals surface area contributed by atoms with E-state index in [1.54, 1.807) is 0 Å². The maximum atomic E-state index is 12.3. The van der Waals surface area contributed by atoms with E-state index in [-0.39, 0.29) is 33.8 Å². The fraction of sp³-hybridized carbons (Fsp3) is 0.300. The topological polar surface area (TPSA) is 50.9 Å². The fourth-order valence-corrected chi connectivity index (χ4v) is 8.72. The quantitative estimate of drug-likeness (QED) is 0.166. The predicted octanol–water partition coefficient (Wildman–Crippen LogP) is 16.6. The van der Waals surface area contributed by atoms with Crippen LogP contribution in [0.4, 0.5) is 0 Å². The molecule has 0 saturated carbocycles. The number of imidazole rings is 1. The Balaban J connectivity index is 1.41. The molecule has 0 amide bonds. The monoisotopic (exact) mass is 844 g/mol. The van der Waals surface area contributed by atoms with Crippen molar-refractivity contribution in [2.24, 2.45) is 0 Å². The van der Waals surface area contributed by atoms with Crippen LogP contribution in [-0.4, -0.2) is 19.6 Å². The van der Waals surface area contributed by atoms with E-state index < -0.39 is 0 Å². The van der Waals surface area contributed by atoms with Gasteiger partial charge in [-0.1, -0.05) is 175 Å². The van der Waals surface area contributed by atoms with Gasteiger partial charge in [-0.3, -0.25) is 9.55 Å². The molecule has 0 bridgehead atoms. The Morgan fingerprint density at radius 2 is 1.14 bits per heavy atom. The molecule has 0 saturated heterocycles. The summed E-state index contributed by atoms with van der Waals surface area (Å²) in [6, 6.07) is 48.5. The minimum atomic E-state index is -0.140. The lowest BCUT2D eigenvalue weighted by atomic mass is 9.83. The van der Waals surface area contributed by atoms with Crippen molar-refractivity contribution in [3.8, 4) is 67.5 Å². The number of hydrogen-bond donors (Lipinski definition) is 1. The third-order valence-corrected chi connectivity index (χ3v) is 12.8. The van der Waals surface area contributed by atoms with Gasteiger partial charge in [0.05, 0.1) is 28.0 Å². The van der Waals surface area contributed by atoms with E-state index in [9.17, 15) is 5.11 Å². The lowest BCUT2D eigenvalue weighted by Gasteiger charge is -2.23. The van der Waals surface area contributed by atoms with Crippen LogP contribution < -0.4 is 0 Å². The highest BCUT2D eigenvalue weighted by molar-refractivity contribution is 5.98. The largest absolute Gasteiger partial charge is 0.507 e. The van der Waals surface area contributed by atoms with Gasteiger partial charge in [-0.05, 0) is 127 Å². The Kier molecular flexibility index (Phi) is 11.6. The molecule has 4 heteroatoms. The second-order valence-corrected chi connectivity index (χ2v) is 21.4. The van der Waals surface area contributed by atoms with Crippen molar-refractivity contribution < 1.29 is 5.11 Å². The van der Waals surface area contributed by atoms with E-state index in [0.29, 0.717) is 5.82 Å². The van der Waals surface area contributed by atoms with Crippen LogP contribution in [0.2, 0.25) is 0 Å². The van der Waals surface area contributed by atoms with Crippen LogP contribution in [0, 0.1) is 0 Å². The number of pyridine rings is 1. The molecule has 326 valence electrons. The van der Waals surface area contributed by atoms with Gasteiger partial charge in [0.1, 0.15) is 11.6 Å². The fourth-order valence-electron chi connectivity index (χ4n) is 8.72. The van der Waals surface area contributed by atoms with Gasteiger partial charge in [0.25, 0.3) is 0 Å². The number of aromatic nitrogens is 3. The highest BCUT2D eigenvalue weighted by Gasteiger charge is 2.27. The van der Waals surface area contributed by atoms with Gasteiger partial charge in [-0.2, -0.15) is 0 Å². The molecule has 6 aromatic carbocycles. The third kappa shape index (κ3) is 8.68. The number of fused-ring (bicyclic) bond motifs is 1. The minimum Gasteiger partial charge on any atom is -0.507 e. The molecule has 64 heavy (non-hydrogen) atoms. The molecule has 2 heterocycles. The molecular weight excluding hydrogens is 779 g/mol. The zero-order valence-corrected chi connectivity index (χ0v) is 40.2. The number of para-hydroxylation sites is 1. The standard InChI is InChI=1S/C60H65N3O/c1-37(2)42-33-49(38(3)4)56(64)51(34-42)57-62-55-48(20-17-21-54(55)63(57)53-27-26-46(59(8,9)10)36-50(53)40-18-15-14-16-19-40)43-30-44(32-47(31-43)60(11,12)13)52-35-41(28-29-61-52)39-22-24-45(25-23-39)58(5,6)7/h14-38,64H,1-13H3. The highest BCUT2D eigenvalue weighted by Crippen LogP contribution is 2.45. The SMILES string of the molecule is CC(C)c1cc(-c2nc3c(-c4cc(-c5cc(-c6ccc(C(C)(C)C)cc6)ccn5)cc(C(C)(C)C)c4)cccc3n2-c2ccc(C(C)(C)C)cc2-c2ccccc2)c(O)c(C(C)C)c1. The summed E-state index contributed by atoms with van der Waals surface area (Å²) in [4.78, 5) is 10.6. The summed E-state index contributed by atoms with van der Waals surface area (Å²) >= 11 is 0. The van der Waals surface area contributed by atoms with Crippen molar-refractivity contribution >= 4 is 11.0 Å². The van der Waals surface area contributed by atoms with E-state index in [4.69, 9.17) is 9.97 Å². The summed E-state index contributed by atoms with van der Waals surface area (Å²) in [6.45, 7) is 29.1. The molecule has 8 aromatic rings. The van der Waals surface area contributed by atoms with E-state index in [0.717, 1.165) is 66.9 Å². The summed E-state index contributed by atoms with van der Waals surface area (Å²) in [5, 5.41) is 12.3. The van der Waals surface area contributed by atoms with Crippen LogP contribution >= 0.6 is 0 Å². The minimum absolute atomic E-state index is 0.0634. The Morgan fingerprint density at radius 1 is 0.484 bits per heavy atom. The number of benzene rings is 6. The first kappa shape index (κ1) is 44.4. The average Bonchev–Trinajstić information content (AvgIpc) is 3.65. The zero-order valence-electron chi connectivity index (χ0n) is 40.2. The first-order valence-electron chi connectivity index (χ1n) is 23.0. The normalized spacial score (nSPS) is 12.5. The second kappa shape index (κ2) is 16.7. The Bertz CT molecular complexity index is 2980. The maximum Gasteiger partial charge on any atom is 0.149 e. The highest BCUT2D eigenvalue weighted by atomic mass is 16.3.